The van der Waals surface area contributed by atoms with Crippen LogP contribution >= 0.6 is 0 Å². The molecule has 120 valence electrons. The van der Waals surface area contributed by atoms with E-state index in [1.165, 1.54) is 12.1 Å². The molecule has 4 nitrogen and oxygen atoms in total. The van der Waals surface area contributed by atoms with Crippen molar-refractivity contribution >= 4 is 11.8 Å². The first kappa shape index (κ1) is 16.5. The molecule has 2 amide bonds. The Bertz CT molecular complexity index is 572. The Labute approximate surface area is 130 Å². The Morgan fingerprint density at radius 2 is 1.73 bits per heavy atom. The van der Waals surface area contributed by atoms with Gasteiger partial charge >= 0.3 is 0 Å². The summed E-state index contributed by atoms with van der Waals surface area (Å²) in [5, 5.41) is 0. The van der Waals surface area contributed by atoms with Crippen LogP contribution in [0.15, 0.2) is 18.2 Å². The minimum Gasteiger partial charge on any atom is -0.341 e. The highest BCUT2D eigenvalue weighted by Crippen LogP contribution is 2.14. The van der Waals surface area contributed by atoms with Crippen LogP contribution in [-0.4, -0.2) is 47.8 Å². The number of benzene rings is 1. The maximum Gasteiger partial charge on any atom is 0.253 e. The number of carbonyl (C=O) groups excluding carboxylic acids is 2. The van der Waals surface area contributed by atoms with Crippen molar-refractivity contribution in [2.24, 2.45) is 5.92 Å². The van der Waals surface area contributed by atoms with Crippen LogP contribution in [0.5, 0.6) is 0 Å². The van der Waals surface area contributed by atoms with Gasteiger partial charge in [-0.05, 0) is 37.1 Å². The molecule has 1 aromatic rings. The topological polar surface area (TPSA) is 40.6 Å². The van der Waals surface area contributed by atoms with E-state index >= 15 is 0 Å². The quantitative estimate of drug-likeness (QED) is 0.842. The Kier molecular flexibility index (Phi) is 5.16. The van der Waals surface area contributed by atoms with E-state index < -0.39 is 0 Å². The van der Waals surface area contributed by atoms with Gasteiger partial charge in [-0.2, -0.15) is 0 Å². The van der Waals surface area contributed by atoms with Crippen LogP contribution in [0.4, 0.5) is 4.39 Å². The zero-order chi connectivity index (χ0) is 16.3. The number of amides is 2. The van der Waals surface area contributed by atoms with Crippen molar-refractivity contribution < 1.29 is 14.0 Å². The van der Waals surface area contributed by atoms with E-state index in [-0.39, 0.29) is 23.5 Å². The molecule has 1 aliphatic rings. The van der Waals surface area contributed by atoms with Crippen molar-refractivity contribution in [2.45, 2.75) is 27.2 Å². The predicted molar refractivity (Wildman–Crippen MR) is 83.1 cm³/mol. The molecule has 0 atom stereocenters. The molecule has 0 N–H and O–H groups in total. The van der Waals surface area contributed by atoms with Crippen molar-refractivity contribution in [3.05, 3.63) is 35.1 Å². The smallest absolute Gasteiger partial charge is 0.253 e. The highest BCUT2D eigenvalue weighted by atomic mass is 19.1. The molecule has 1 aliphatic heterocycles. The molecular weight excluding hydrogens is 283 g/mol. The van der Waals surface area contributed by atoms with E-state index in [1.54, 1.807) is 17.9 Å². The Balaban J connectivity index is 2.05. The first-order valence-electron chi connectivity index (χ1n) is 7.74. The van der Waals surface area contributed by atoms with Crippen LogP contribution in [0.1, 0.15) is 36.2 Å². The first-order chi connectivity index (χ1) is 10.4. The molecule has 0 saturated carbocycles. The third-order valence-corrected chi connectivity index (χ3v) is 3.99. The summed E-state index contributed by atoms with van der Waals surface area (Å²) in [6.07, 6.45) is 0.768. The second-order valence-corrected chi connectivity index (χ2v) is 6.09. The number of hydrogen-bond donors (Lipinski definition) is 0. The molecular formula is C17H23FN2O2. The molecule has 1 saturated heterocycles. The number of nitrogens with zero attached hydrogens (tertiary/aromatic N) is 2. The fourth-order valence-corrected chi connectivity index (χ4v) is 2.67. The number of aryl methyl sites for hydroxylation is 1. The van der Waals surface area contributed by atoms with Crippen LogP contribution in [-0.2, 0) is 4.79 Å². The second kappa shape index (κ2) is 6.90. The molecule has 1 aromatic carbocycles. The summed E-state index contributed by atoms with van der Waals surface area (Å²) < 4.78 is 13.3. The Morgan fingerprint density at radius 1 is 1.09 bits per heavy atom. The standard InChI is InChI=1S/C17H23FN2O2/c1-12(2)16(21)19-7-4-8-20(10-9-19)17(22)14-5-6-15(18)13(3)11-14/h5-6,11-12H,4,7-10H2,1-3H3. The average Bonchev–Trinajstić information content (AvgIpc) is 2.74. The minimum atomic E-state index is -0.305. The van der Waals surface area contributed by atoms with Crippen LogP contribution in [0, 0.1) is 18.7 Å². The highest BCUT2D eigenvalue weighted by Gasteiger charge is 2.24. The van der Waals surface area contributed by atoms with Gasteiger partial charge in [-0.1, -0.05) is 13.8 Å². The molecule has 22 heavy (non-hydrogen) atoms. The fraction of sp³-hybridized carbons (Fsp3) is 0.529. The molecule has 5 heteroatoms. The zero-order valence-electron chi connectivity index (χ0n) is 13.4. The van der Waals surface area contributed by atoms with Crippen molar-refractivity contribution in [3.8, 4) is 0 Å². The predicted octanol–water partition coefficient (Wildman–Crippen LogP) is 2.46. The number of halogens is 1. The van der Waals surface area contributed by atoms with E-state index in [4.69, 9.17) is 0 Å². The van der Waals surface area contributed by atoms with Crippen molar-refractivity contribution in [1.82, 2.24) is 9.80 Å². The third kappa shape index (κ3) is 3.64. The lowest BCUT2D eigenvalue weighted by Gasteiger charge is -2.23. The van der Waals surface area contributed by atoms with Crippen LogP contribution in [0.2, 0.25) is 0 Å². The van der Waals surface area contributed by atoms with Crippen LogP contribution in [0.25, 0.3) is 0 Å². The molecule has 1 heterocycles. The SMILES string of the molecule is Cc1cc(C(=O)N2CCCN(C(=O)C(C)C)CC2)ccc1F. The summed E-state index contributed by atoms with van der Waals surface area (Å²) in [6.45, 7) is 7.81. The van der Waals surface area contributed by atoms with Crippen LogP contribution in [0.3, 0.4) is 0 Å². The van der Waals surface area contributed by atoms with Gasteiger partial charge in [0, 0.05) is 37.7 Å². The maximum absolute atomic E-state index is 13.3. The Hall–Kier alpha value is -1.91. The molecule has 0 aromatic heterocycles. The van der Waals surface area contributed by atoms with E-state index in [0.29, 0.717) is 37.3 Å². The minimum absolute atomic E-state index is 0.0259. The monoisotopic (exact) mass is 306 g/mol. The van der Waals surface area contributed by atoms with E-state index in [2.05, 4.69) is 0 Å². The molecule has 0 unspecified atom stereocenters. The lowest BCUT2D eigenvalue weighted by Crippen LogP contribution is -2.39. The van der Waals surface area contributed by atoms with Gasteiger partial charge in [0.1, 0.15) is 5.82 Å². The third-order valence-electron chi connectivity index (χ3n) is 3.99. The normalized spacial score (nSPS) is 15.9. The average molecular weight is 306 g/mol. The first-order valence-corrected chi connectivity index (χ1v) is 7.74. The Morgan fingerprint density at radius 3 is 2.36 bits per heavy atom. The van der Waals surface area contributed by atoms with Gasteiger partial charge in [0.25, 0.3) is 5.91 Å². The van der Waals surface area contributed by atoms with Crippen LogP contribution < -0.4 is 0 Å². The van der Waals surface area contributed by atoms with Crippen molar-refractivity contribution in [3.63, 3.8) is 0 Å². The van der Waals surface area contributed by atoms with Gasteiger partial charge in [-0.3, -0.25) is 9.59 Å². The zero-order valence-corrected chi connectivity index (χ0v) is 13.4. The molecule has 2 rings (SSSR count). The number of hydrogen-bond acceptors (Lipinski definition) is 2. The molecule has 0 bridgehead atoms. The lowest BCUT2D eigenvalue weighted by atomic mass is 10.1. The van der Waals surface area contributed by atoms with E-state index in [1.807, 2.05) is 18.7 Å². The van der Waals surface area contributed by atoms with Gasteiger partial charge < -0.3 is 9.80 Å². The second-order valence-electron chi connectivity index (χ2n) is 6.09. The lowest BCUT2D eigenvalue weighted by molar-refractivity contribution is -0.134. The summed E-state index contributed by atoms with van der Waals surface area (Å²) in [4.78, 5) is 28.2. The van der Waals surface area contributed by atoms with Gasteiger partial charge in [0.2, 0.25) is 5.91 Å². The summed E-state index contributed by atoms with van der Waals surface area (Å²) in [5.74, 6) is -0.294. The largest absolute Gasteiger partial charge is 0.341 e. The van der Waals surface area contributed by atoms with Gasteiger partial charge in [-0.25, -0.2) is 4.39 Å². The maximum atomic E-state index is 13.3. The van der Waals surface area contributed by atoms with Gasteiger partial charge in [0.05, 0.1) is 0 Å². The fourth-order valence-electron chi connectivity index (χ4n) is 2.67. The summed E-state index contributed by atoms with van der Waals surface area (Å²) in [6, 6.07) is 4.43. The number of carbonyl (C=O) groups is 2. The summed E-state index contributed by atoms with van der Waals surface area (Å²) in [5.41, 5.74) is 0.972. The molecule has 1 fully saturated rings. The summed E-state index contributed by atoms with van der Waals surface area (Å²) >= 11 is 0. The van der Waals surface area contributed by atoms with Crippen molar-refractivity contribution in [1.29, 1.82) is 0 Å². The number of rotatable bonds is 2. The molecule has 0 aliphatic carbocycles. The van der Waals surface area contributed by atoms with E-state index in [9.17, 15) is 14.0 Å². The van der Waals surface area contributed by atoms with Gasteiger partial charge in [-0.15, -0.1) is 0 Å². The highest BCUT2D eigenvalue weighted by molar-refractivity contribution is 5.94. The molecule has 0 radical (unpaired) electrons. The van der Waals surface area contributed by atoms with Gasteiger partial charge in [0.15, 0.2) is 0 Å². The van der Waals surface area contributed by atoms with Crippen molar-refractivity contribution in [2.75, 3.05) is 26.2 Å². The molecule has 0 spiro atoms. The summed E-state index contributed by atoms with van der Waals surface area (Å²) in [7, 11) is 0. The van der Waals surface area contributed by atoms with E-state index in [0.717, 1.165) is 6.42 Å².